The number of carbonyl (C=O) groups excluding carboxylic acids is 7. The first kappa shape index (κ1) is 57.0. The van der Waals surface area contributed by atoms with Crippen LogP contribution in [0.15, 0.2) is 72.1 Å². The third kappa shape index (κ3) is 17.7. The fraction of sp³-hybridized carbons (Fsp3) is 0.510. The van der Waals surface area contributed by atoms with Crippen molar-refractivity contribution in [2.45, 2.75) is 121 Å². The number of H-pyrrole nitrogens is 1. The Kier molecular flexibility index (Phi) is 22.4. The van der Waals surface area contributed by atoms with Crippen molar-refractivity contribution in [2.75, 3.05) is 26.7 Å². The number of nitrogens with two attached hydrogens (primary N) is 2. The number of aromatic nitrogens is 2. The van der Waals surface area contributed by atoms with Crippen LogP contribution < -0.4 is 48.7 Å². The molecule has 1 aliphatic heterocycles. The number of aliphatic imine (C=N–C) groups is 1. The minimum atomic E-state index is -1.35. The predicted octanol–water partition coefficient (Wildman–Crippen LogP) is -0.897. The van der Waals surface area contributed by atoms with Gasteiger partial charge in [-0.25, -0.2) is 9.78 Å². The molecule has 0 unspecified atom stereocenters. The maximum absolute atomic E-state index is 14.5. The number of amides is 7. The van der Waals surface area contributed by atoms with E-state index in [4.69, 9.17) is 11.5 Å². The molecular formula is C49H71N13O10. The Morgan fingerprint density at radius 3 is 2.01 bits per heavy atom. The Morgan fingerprint density at radius 1 is 0.778 bits per heavy atom. The fourth-order valence-corrected chi connectivity index (χ4v) is 8.16. The Morgan fingerprint density at radius 2 is 1.40 bits per heavy atom. The summed E-state index contributed by atoms with van der Waals surface area (Å²) >= 11 is 0. The van der Waals surface area contributed by atoms with Gasteiger partial charge >= 0.3 is 5.97 Å². The summed E-state index contributed by atoms with van der Waals surface area (Å²) in [5.41, 5.74) is 12.6. The van der Waals surface area contributed by atoms with Crippen LogP contribution in [-0.2, 0) is 57.6 Å². The lowest BCUT2D eigenvalue weighted by molar-refractivity contribution is -0.145. The van der Waals surface area contributed by atoms with E-state index in [-0.39, 0.29) is 63.4 Å². The maximum atomic E-state index is 14.5. The first-order valence-corrected chi connectivity index (χ1v) is 24.1. The van der Waals surface area contributed by atoms with E-state index in [2.05, 4.69) is 52.2 Å². The Balaban J connectivity index is 1.57. The van der Waals surface area contributed by atoms with Gasteiger partial charge in [0.2, 0.25) is 41.4 Å². The maximum Gasteiger partial charge on any atom is 0.326 e. The molecule has 1 saturated heterocycles. The van der Waals surface area contributed by atoms with Crippen LogP contribution in [0.3, 0.4) is 0 Å². The molecule has 392 valence electrons. The molecule has 14 N–H and O–H groups in total. The molecule has 1 aromatic heterocycles. The highest BCUT2D eigenvalue weighted by Crippen LogP contribution is 2.21. The summed E-state index contributed by atoms with van der Waals surface area (Å²) in [5, 5.41) is 38.8. The monoisotopic (exact) mass is 1000 g/mol. The number of aliphatic carboxylic acids is 1. The van der Waals surface area contributed by atoms with Crippen LogP contribution in [0, 0.1) is 11.8 Å². The van der Waals surface area contributed by atoms with Crippen LogP contribution in [0.25, 0.3) is 0 Å². The Bertz CT molecular complexity index is 2310. The molecule has 3 aromatic rings. The summed E-state index contributed by atoms with van der Waals surface area (Å²) < 4.78 is 0. The van der Waals surface area contributed by atoms with E-state index in [1.54, 1.807) is 70.3 Å². The Hall–Kier alpha value is -7.56. The second-order valence-corrected chi connectivity index (χ2v) is 18.3. The minimum absolute atomic E-state index is 0.00545. The number of likely N-dealkylation sites (N-methyl/N-ethyl adjacent to an activating group) is 1. The SMILES string of the molecule is CC[C@H](C)[C@H](NC(=O)[C@H](Cc1ccccc1)NC(=O)[C@@H](NC(=O)[C@H](CCCN=C(N)N)NC(=O)CNC)C(C)C)C(=O)N[C@@H](Cc1cnc[nH]1)C(=O)N1CCC[C@H]1C(=O)N[C@H](Cc1ccc(O)cc1)C(=O)O. The number of hydrogen-bond donors (Lipinski definition) is 12. The summed E-state index contributed by atoms with van der Waals surface area (Å²) in [7, 11) is 1.58. The van der Waals surface area contributed by atoms with E-state index in [1.165, 1.54) is 29.6 Å². The van der Waals surface area contributed by atoms with Crippen molar-refractivity contribution in [3.05, 3.63) is 83.9 Å². The van der Waals surface area contributed by atoms with Gasteiger partial charge in [-0.05, 0) is 67.8 Å². The Labute approximate surface area is 418 Å². The van der Waals surface area contributed by atoms with Gasteiger partial charge in [-0.3, -0.25) is 38.6 Å². The van der Waals surface area contributed by atoms with Gasteiger partial charge in [-0.2, -0.15) is 0 Å². The fourth-order valence-electron chi connectivity index (χ4n) is 8.16. The highest BCUT2D eigenvalue weighted by molar-refractivity contribution is 5.98. The van der Waals surface area contributed by atoms with Crippen molar-refractivity contribution in [3.63, 3.8) is 0 Å². The van der Waals surface area contributed by atoms with Gasteiger partial charge in [-0.1, -0.05) is 76.6 Å². The normalized spacial score (nSPS) is 16.1. The number of guanidine groups is 1. The van der Waals surface area contributed by atoms with Crippen LogP contribution in [0.1, 0.15) is 76.6 Å². The largest absolute Gasteiger partial charge is 0.508 e. The lowest BCUT2D eigenvalue weighted by Gasteiger charge is -2.32. The number of nitrogens with zero attached hydrogens (tertiary/aromatic N) is 3. The zero-order chi connectivity index (χ0) is 52.9. The molecule has 2 aromatic carbocycles. The van der Waals surface area contributed by atoms with Crippen molar-refractivity contribution < 1.29 is 48.6 Å². The number of imidazole rings is 1. The summed E-state index contributed by atoms with van der Waals surface area (Å²) in [6, 6.07) is 6.29. The molecule has 72 heavy (non-hydrogen) atoms. The smallest absolute Gasteiger partial charge is 0.326 e. The van der Waals surface area contributed by atoms with E-state index in [0.29, 0.717) is 36.1 Å². The van der Waals surface area contributed by atoms with Crippen LogP contribution in [-0.4, -0.2) is 147 Å². The molecule has 1 aliphatic rings. The lowest BCUT2D eigenvalue weighted by atomic mass is 9.96. The highest BCUT2D eigenvalue weighted by atomic mass is 16.4. The molecule has 8 atom stereocenters. The van der Waals surface area contributed by atoms with E-state index >= 15 is 0 Å². The topological polar surface area (TPSA) is 358 Å². The zero-order valence-corrected chi connectivity index (χ0v) is 41.5. The van der Waals surface area contributed by atoms with Gasteiger partial charge in [0, 0.05) is 44.2 Å². The van der Waals surface area contributed by atoms with Gasteiger partial charge in [0.05, 0.1) is 12.9 Å². The van der Waals surface area contributed by atoms with Crippen LogP contribution in [0.5, 0.6) is 5.75 Å². The number of aromatic amines is 1. The third-order valence-electron chi connectivity index (χ3n) is 12.3. The van der Waals surface area contributed by atoms with Crippen molar-refractivity contribution in [1.82, 2.24) is 52.1 Å². The van der Waals surface area contributed by atoms with Crippen molar-refractivity contribution in [3.8, 4) is 5.75 Å². The average Bonchev–Trinajstić information content (AvgIpc) is 4.06. The van der Waals surface area contributed by atoms with E-state index in [9.17, 15) is 48.6 Å². The molecule has 0 aliphatic carbocycles. The van der Waals surface area contributed by atoms with Gasteiger partial charge in [0.1, 0.15) is 48.0 Å². The number of benzene rings is 2. The number of phenols is 1. The molecular weight excluding hydrogens is 931 g/mol. The number of hydrogen-bond acceptors (Lipinski definition) is 12. The first-order valence-electron chi connectivity index (χ1n) is 24.1. The lowest BCUT2D eigenvalue weighted by Crippen LogP contribution is -2.62. The zero-order valence-electron chi connectivity index (χ0n) is 41.5. The number of likely N-dealkylation sites (tertiary alicyclic amines) is 1. The highest BCUT2D eigenvalue weighted by Gasteiger charge is 2.41. The molecule has 0 bridgehead atoms. The minimum Gasteiger partial charge on any atom is -0.508 e. The summed E-state index contributed by atoms with van der Waals surface area (Å²) in [4.78, 5) is 122. The van der Waals surface area contributed by atoms with Gasteiger partial charge in [-0.15, -0.1) is 0 Å². The van der Waals surface area contributed by atoms with Crippen LogP contribution in [0.4, 0.5) is 0 Å². The summed E-state index contributed by atoms with van der Waals surface area (Å²) in [6.07, 6.45) is 4.20. The van der Waals surface area contributed by atoms with Crippen LogP contribution >= 0.6 is 0 Å². The van der Waals surface area contributed by atoms with Gasteiger partial charge < -0.3 is 68.8 Å². The van der Waals surface area contributed by atoms with Crippen molar-refractivity contribution in [2.24, 2.45) is 28.3 Å². The quantitative estimate of drug-likeness (QED) is 0.0239. The molecule has 1 fully saturated rings. The number of aromatic hydroxyl groups is 1. The number of nitrogens with one attached hydrogen (secondary N) is 8. The molecule has 0 spiro atoms. The van der Waals surface area contributed by atoms with E-state index < -0.39 is 101 Å². The number of carboxylic acids is 1. The second kappa shape index (κ2) is 28.3. The number of rotatable bonds is 28. The molecule has 2 heterocycles. The van der Waals surface area contributed by atoms with Gasteiger partial charge in [0.15, 0.2) is 5.96 Å². The van der Waals surface area contributed by atoms with E-state index in [0.717, 1.165) is 0 Å². The van der Waals surface area contributed by atoms with Gasteiger partial charge in [0.25, 0.3) is 0 Å². The number of phenolic OH excluding ortho intramolecular Hbond substituents is 1. The molecule has 23 heteroatoms. The molecule has 23 nitrogen and oxygen atoms in total. The van der Waals surface area contributed by atoms with E-state index in [1.807, 2.05) is 6.92 Å². The third-order valence-corrected chi connectivity index (χ3v) is 12.3. The standard InChI is InChI=1S/C49H71N13O10/c1-6-29(4)41(46(69)58-36(24-32-25-53-27-55-32)47(70)62-21-11-15-38(62)44(67)59-37(48(71)72)23-31-16-18-33(63)19-17-31)61-43(66)35(22-30-12-8-7-9-13-30)57-45(68)40(28(2)3)60-42(65)34(56-39(64)26-52-5)14-10-20-54-49(50)51/h7-9,12-13,16-19,25,27-29,34-38,40-41,52,63H,6,10-11,14-15,20-24,26H2,1-5H3,(H,53,55)(H,56,64)(H,57,68)(H,58,69)(H,59,67)(H,60,65)(H,61,66)(H,71,72)(H4,50,51,54)/t29-,34-,35-,36-,37+,38-,40-,41-/m0/s1. The summed E-state index contributed by atoms with van der Waals surface area (Å²) in [5.74, 6) is -7.02. The molecule has 7 amide bonds. The van der Waals surface area contributed by atoms with Crippen molar-refractivity contribution in [1.29, 1.82) is 0 Å². The molecule has 0 radical (unpaired) electrons. The second-order valence-electron chi connectivity index (χ2n) is 18.3. The average molecular weight is 1000 g/mol. The summed E-state index contributed by atoms with van der Waals surface area (Å²) in [6.45, 7) is 7.23. The van der Waals surface area contributed by atoms with Crippen LogP contribution in [0.2, 0.25) is 0 Å². The van der Waals surface area contributed by atoms with Crippen molar-refractivity contribution >= 4 is 53.3 Å². The number of carbonyl (C=O) groups is 8. The predicted molar refractivity (Wildman–Crippen MR) is 266 cm³/mol. The first-order chi connectivity index (χ1) is 34.3. The number of carboxylic acid groups (broad SMARTS) is 1. The molecule has 0 saturated carbocycles. The molecule has 4 rings (SSSR count).